The van der Waals surface area contributed by atoms with Gasteiger partial charge in [0.2, 0.25) is 0 Å². The number of rotatable bonds is 15. The minimum Gasteiger partial charge on any atom is -0.494 e. The van der Waals surface area contributed by atoms with Gasteiger partial charge in [0.05, 0.1) is 19.8 Å². The number of esters is 2. The van der Waals surface area contributed by atoms with E-state index >= 15 is 0 Å². The molecule has 166 valence electrons. The lowest BCUT2D eigenvalue weighted by Gasteiger charge is -2.21. The molecule has 0 amide bonds. The molecule has 0 saturated carbocycles. The Morgan fingerprint density at radius 3 is 2.07 bits per heavy atom. The highest BCUT2D eigenvalue weighted by molar-refractivity contribution is 5.95. The summed E-state index contributed by atoms with van der Waals surface area (Å²) in [5, 5.41) is 0. The molecule has 0 radical (unpaired) electrons. The van der Waals surface area contributed by atoms with Crippen molar-refractivity contribution in [2.24, 2.45) is 5.92 Å². The second-order valence-corrected chi connectivity index (χ2v) is 7.23. The van der Waals surface area contributed by atoms with Gasteiger partial charge in [-0.2, -0.15) is 0 Å². The van der Waals surface area contributed by atoms with Crippen LogP contribution >= 0.6 is 0 Å². The minimum atomic E-state index is -0.984. The van der Waals surface area contributed by atoms with Crippen LogP contribution in [0, 0.1) is 18.3 Å². The first-order chi connectivity index (χ1) is 14.6. The third kappa shape index (κ3) is 9.35. The fourth-order valence-corrected chi connectivity index (χ4v) is 3.27. The number of benzene rings is 1. The maximum atomic E-state index is 12.3. The predicted molar refractivity (Wildman–Crippen MR) is 118 cm³/mol. The Kier molecular flexibility index (Phi) is 13.1. The summed E-state index contributed by atoms with van der Waals surface area (Å²) in [5.41, 5.74) is 0.960. The number of carbonyl (C=O) groups excluding carboxylic acids is 2. The molecule has 30 heavy (non-hydrogen) atoms. The molecule has 5 heteroatoms. The zero-order valence-electron chi connectivity index (χ0n) is 18.7. The summed E-state index contributed by atoms with van der Waals surface area (Å²) in [6.07, 6.45) is 12.2. The maximum Gasteiger partial charge on any atom is 0.320 e. The van der Waals surface area contributed by atoms with E-state index in [1.165, 1.54) is 25.7 Å². The summed E-state index contributed by atoms with van der Waals surface area (Å²) in [6.45, 7) is 6.74. The summed E-state index contributed by atoms with van der Waals surface area (Å²) in [7, 11) is 0. The summed E-state index contributed by atoms with van der Waals surface area (Å²) in [4.78, 5) is 24.6. The van der Waals surface area contributed by atoms with E-state index in [9.17, 15) is 9.59 Å². The molecule has 1 rings (SSSR count). The third-order valence-corrected chi connectivity index (χ3v) is 4.89. The highest BCUT2D eigenvalue weighted by atomic mass is 16.6. The van der Waals surface area contributed by atoms with Gasteiger partial charge >= 0.3 is 11.9 Å². The van der Waals surface area contributed by atoms with Gasteiger partial charge in [0.25, 0.3) is 0 Å². The van der Waals surface area contributed by atoms with Gasteiger partial charge in [-0.15, -0.1) is 12.3 Å². The van der Waals surface area contributed by atoms with Gasteiger partial charge in [0.1, 0.15) is 5.75 Å². The van der Waals surface area contributed by atoms with Crippen LogP contribution in [0.3, 0.4) is 0 Å². The van der Waals surface area contributed by atoms with E-state index in [1.54, 1.807) is 13.8 Å². The molecule has 0 N–H and O–H groups in total. The van der Waals surface area contributed by atoms with Crippen molar-refractivity contribution in [1.29, 1.82) is 0 Å². The molecule has 0 heterocycles. The number of hydrogen-bond donors (Lipinski definition) is 0. The molecule has 0 aromatic heterocycles. The summed E-state index contributed by atoms with van der Waals surface area (Å²) in [6, 6.07) is 7.72. The second kappa shape index (κ2) is 15.4. The standard InChI is InChI=1S/C25H36O5/c1-5-9-10-11-12-18-30-22-16-14-20(15-17-22)21(13-6-2)19-23(24(26)28-7-3)25(27)29-8-4/h2,14-17,21,23H,5,7-13,18-19H2,1,3-4H3. The molecular formula is C25H36O5. The molecule has 0 aliphatic rings. The van der Waals surface area contributed by atoms with Crippen molar-refractivity contribution in [2.75, 3.05) is 19.8 Å². The summed E-state index contributed by atoms with van der Waals surface area (Å²) >= 11 is 0. The Morgan fingerprint density at radius 2 is 1.53 bits per heavy atom. The molecule has 1 aromatic rings. The number of carbonyl (C=O) groups is 2. The molecule has 0 aliphatic carbocycles. The van der Waals surface area contributed by atoms with Gasteiger partial charge in [-0.25, -0.2) is 0 Å². The van der Waals surface area contributed by atoms with Crippen molar-refractivity contribution in [2.45, 2.75) is 71.6 Å². The average molecular weight is 417 g/mol. The van der Waals surface area contributed by atoms with Crippen molar-refractivity contribution in [3.8, 4) is 18.1 Å². The molecule has 0 bridgehead atoms. The fourth-order valence-electron chi connectivity index (χ4n) is 3.27. The Hall–Kier alpha value is -2.48. The van der Waals surface area contributed by atoms with Crippen LogP contribution in [0.5, 0.6) is 5.75 Å². The van der Waals surface area contributed by atoms with Gasteiger partial charge in [-0.1, -0.05) is 44.7 Å². The van der Waals surface area contributed by atoms with E-state index < -0.39 is 17.9 Å². The van der Waals surface area contributed by atoms with Crippen molar-refractivity contribution in [3.63, 3.8) is 0 Å². The smallest absolute Gasteiger partial charge is 0.320 e. The average Bonchev–Trinajstić information content (AvgIpc) is 2.74. The highest BCUT2D eigenvalue weighted by Gasteiger charge is 2.32. The van der Waals surface area contributed by atoms with Crippen molar-refractivity contribution in [1.82, 2.24) is 0 Å². The van der Waals surface area contributed by atoms with E-state index in [0.717, 1.165) is 17.7 Å². The largest absolute Gasteiger partial charge is 0.494 e. The zero-order valence-corrected chi connectivity index (χ0v) is 18.7. The van der Waals surface area contributed by atoms with Gasteiger partial charge < -0.3 is 14.2 Å². The highest BCUT2D eigenvalue weighted by Crippen LogP contribution is 2.30. The van der Waals surface area contributed by atoms with Crippen LogP contribution in [-0.2, 0) is 19.1 Å². The fraction of sp³-hybridized carbons (Fsp3) is 0.600. The quantitative estimate of drug-likeness (QED) is 0.169. The SMILES string of the molecule is C#CCC(CC(C(=O)OCC)C(=O)OCC)c1ccc(OCCCCCCC)cc1. The topological polar surface area (TPSA) is 61.8 Å². The number of ether oxygens (including phenoxy) is 3. The van der Waals surface area contributed by atoms with Crippen LogP contribution in [-0.4, -0.2) is 31.8 Å². The first-order valence-corrected chi connectivity index (χ1v) is 11.1. The van der Waals surface area contributed by atoms with Gasteiger partial charge in [-0.3, -0.25) is 9.59 Å². The lowest BCUT2D eigenvalue weighted by Crippen LogP contribution is -2.29. The second-order valence-electron chi connectivity index (χ2n) is 7.23. The molecule has 0 spiro atoms. The summed E-state index contributed by atoms with van der Waals surface area (Å²) in [5.74, 6) is 1.18. The Labute approximate surface area is 181 Å². The zero-order chi connectivity index (χ0) is 22.2. The lowest BCUT2D eigenvalue weighted by atomic mass is 9.86. The Bertz CT molecular complexity index is 641. The van der Waals surface area contributed by atoms with Crippen molar-refractivity contribution in [3.05, 3.63) is 29.8 Å². The van der Waals surface area contributed by atoms with Crippen LogP contribution < -0.4 is 4.74 Å². The van der Waals surface area contributed by atoms with Gasteiger partial charge in [0.15, 0.2) is 5.92 Å². The molecule has 1 unspecified atom stereocenters. The van der Waals surface area contributed by atoms with Crippen LogP contribution in [0.1, 0.15) is 77.2 Å². The van der Waals surface area contributed by atoms with E-state index in [0.29, 0.717) is 13.0 Å². The molecular weight excluding hydrogens is 380 g/mol. The van der Waals surface area contributed by atoms with Gasteiger partial charge in [-0.05, 0) is 50.3 Å². The Balaban J connectivity index is 2.76. The predicted octanol–water partition coefficient (Wildman–Crippen LogP) is 5.28. The van der Waals surface area contributed by atoms with Gasteiger partial charge in [0, 0.05) is 6.42 Å². The molecule has 1 atom stereocenters. The van der Waals surface area contributed by atoms with Crippen LogP contribution in [0.2, 0.25) is 0 Å². The first-order valence-electron chi connectivity index (χ1n) is 11.1. The molecule has 0 fully saturated rings. The van der Waals surface area contributed by atoms with E-state index in [2.05, 4.69) is 12.8 Å². The van der Waals surface area contributed by atoms with Crippen molar-refractivity contribution >= 4 is 11.9 Å². The van der Waals surface area contributed by atoms with Crippen LogP contribution in [0.4, 0.5) is 0 Å². The number of unbranched alkanes of at least 4 members (excludes halogenated alkanes) is 4. The minimum absolute atomic E-state index is 0.156. The third-order valence-electron chi connectivity index (χ3n) is 4.89. The van der Waals surface area contributed by atoms with Crippen molar-refractivity contribution < 1.29 is 23.8 Å². The van der Waals surface area contributed by atoms with E-state index in [1.807, 2.05) is 24.3 Å². The number of terminal acetylenes is 1. The molecule has 1 aromatic carbocycles. The molecule has 0 saturated heterocycles. The van der Waals surface area contributed by atoms with Crippen LogP contribution in [0.25, 0.3) is 0 Å². The molecule has 0 aliphatic heterocycles. The van der Waals surface area contributed by atoms with E-state index in [-0.39, 0.29) is 25.6 Å². The first kappa shape index (κ1) is 25.6. The molecule has 5 nitrogen and oxygen atoms in total. The lowest BCUT2D eigenvalue weighted by molar-refractivity contribution is -0.162. The van der Waals surface area contributed by atoms with E-state index in [4.69, 9.17) is 20.6 Å². The Morgan fingerprint density at radius 1 is 0.933 bits per heavy atom. The van der Waals surface area contributed by atoms with Crippen LogP contribution in [0.15, 0.2) is 24.3 Å². The maximum absolute atomic E-state index is 12.3. The summed E-state index contributed by atoms with van der Waals surface area (Å²) < 4.78 is 16.0. The number of hydrogen-bond acceptors (Lipinski definition) is 5. The monoisotopic (exact) mass is 416 g/mol. The normalized spacial score (nSPS) is 11.6.